The fourth-order valence-electron chi connectivity index (χ4n) is 1.88. The van der Waals surface area contributed by atoms with Gasteiger partial charge in [0.2, 0.25) is 0 Å². The van der Waals surface area contributed by atoms with Gasteiger partial charge < -0.3 is 10.2 Å². The molecule has 16 heavy (non-hydrogen) atoms. The van der Waals surface area contributed by atoms with Crippen molar-refractivity contribution in [2.24, 2.45) is 11.7 Å². The van der Waals surface area contributed by atoms with E-state index in [1.807, 2.05) is 6.07 Å². The first kappa shape index (κ1) is 11.2. The molecular formula is C14H19NO. The van der Waals surface area contributed by atoms with Crippen molar-refractivity contribution in [2.45, 2.75) is 33.2 Å². The lowest BCUT2D eigenvalue weighted by Gasteiger charge is -2.15. The third-order valence-corrected chi connectivity index (χ3v) is 3.28. The molecule has 0 bridgehead atoms. The summed E-state index contributed by atoms with van der Waals surface area (Å²) in [4.78, 5) is 0. The number of rotatable bonds is 3. The van der Waals surface area contributed by atoms with E-state index in [0.29, 0.717) is 5.92 Å². The molecule has 0 aliphatic rings. The SMILES string of the molecule is CCC(C)[C@H](N)c1cc2cc(C)ccc2o1. The van der Waals surface area contributed by atoms with Gasteiger partial charge in [-0.05, 0) is 31.0 Å². The van der Waals surface area contributed by atoms with Gasteiger partial charge in [-0.1, -0.05) is 31.9 Å². The third kappa shape index (κ3) is 1.98. The predicted molar refractivity (Wildman–Crippen MR) is 67.3 cm³/mol. The zero-order valence-electron chi connectivity index (χ0n) is 10.2. The maximum absolute atomic E-state index is 6.16. The summed E-state index contributed by atoms with van der Waals surface area (Å²) in [5.41, 5.74) is 8.33. The molecule has 2 aromatic rings. The predicted octanol–water partition coefficient (Wildman–Crippen LogP) is 3.79. The Kier molecular flexibility index (Phi) is 3.01. The van der Waals surface area contributed by atoms with Crippen LogP contribution in [0.2, 0.25) is 0 Å². The van der Waals surface area contributed by atoms with Crippen LogP contribution in [0.25, 0.3) is 11.0 Å². The van der Waals surface area contributed by atoms with E-state index in [1.165, 1.54) is 5.56 Å². The Bertz CT molecular complexity index is 486. The number of fused-ring (bicyclic) bond motifs is 1. The van der Waals surface area contributed by atoms with E-state index in [9.17, 15) is 0 Å². The van der Waals surface area contributed by atoms with Crippen molar-refractivity contribution in [3.63, 3.8) is 0 Å². The molecule has 2 N–H and O–H groups in total. The Balaban J connectivity index is 2.39. The first-order valence-corrected chi connectivity index (χ1v) is 5.87. The lowest BCUT2D eigenvalue weighted by Crippen LogP contribution is -2.17. The largest absolute Gasteiger partial charge is 0.459 e. The smallest absolute Gasteiger partial charge is 0.134 e. The number of hydrogen-bond acceptors (Lipinski definition) is 2. The van der Waals surface area contributed by atoms with Gasteiger partial charge in [0.05, 0.1) is 6.04 Å². The van der Waals surface area contributed by atoms with E-state index in [2.05, 4.69) is 39.0 Å². The molecular weight excluding hydrogens is 198 g/mol. The minimum atomic E-state index is -0.00212. The summed E-state index contributed by atoms with van der Waals surface area (Å²) >= 11 is 0. The molecule has 1 unspecified atom stereocenters. The summed E-state index contributed by atoms with van der Waals surface area (Å²) in [6, 6.07) is 8.27. The van der Waals surface area contributed by atoms with Gasteiger partial charge >= 0.3 is 0 Å². The van der Waals surface area contributed by atoms with Gasteiger partial charge in [-0.3, -0.25) is 0 Å². The van der Waals surface area contributed by atoms with Gasteiger partial charge in [0.25, 0.3) is 0 Å². The van der Waals surface area contributed by atoms with E-state index in [0.717, 1.165) is 23.2 Å². The van der Waals surface area contributed by atoms with Crippen LogP contribution in [0.5, 0.6) is 0 Å². The van der Waals surface area contributed by atoms with Crippen molar-refractivity contribution in [2.75, 3.05) is 0 Å². The number of hydrogen-bond donors (Lipinski definition) is 1. The van der Waals surface area contributed by atoms with Crippen LogP contribution in [0.4, 0.5) is 0 Å². The zero-order valence-corrected chi connectivity index (χ0v) is 10.2. The molecule has 1 aromatic heterocycles. The van der Waals surface area contributed by atoms with E-state index in [1.54, 1.807) is 0 Å². The van der Waals surface area contributed by atoms with E-state index >= 15 is 0 Å². The Morgan fingerprint density at radius 1 is 1.31 bits per heavy atom. The number of nitrogens with two attached hydrogens (primary N) is 1. The average Bonchev–Trinajstić information content (AvgIpc) is 2.69. The molecule has 2 heteroatoms. The average molecular weight is 217 g/mol. The second-order valence-corrected chi connectivity index (χ2v) is 4.60. The normalized spacial score (nSPS) is 15.2. The first-order chi connectivity index (χ1) is 7.61. The standard InChI is InChI=1S/C14H19NO/c1-4-10(3)14(15)13-8-11-7-9(2)5-6-12(11)16-13/h5-8,10,14H,4,15H2,1-3H3/t10?,14-/m0/s1. The molecule has 0 radical (unpaired) electrons. The molecule has 2 nitrogen and oxygen atoms in total. The van der Waals surface area contributed by atoms with E-state index in [4.69, 9.17) is 10.2 Å². The summed E-state index contributed by atoms with van der Waals surface area (Å²) in [5, 5.41) is 1.15. The fraction of sp³-hybridized carbons (Fsp3) is 0.429. The molecule has 0 amide bonds. The highest BCUT2D eigenvalue weighted by atomic mass is 16.3. The number of benzene rings is 1. The summed E-state index contributed by atoms with van der Waals surface area (Å²) in [6.07, 6.45) is 1.07. The lowest BCUT2D eigenvalue weighted by molar-refractivity contribution is 0.388. The van der Waals surface area contributed by atoms with Crippen molar-refractivity contribution in [1.29, 1.82) is 0 Å². The first-order valence-electron chi connectivity index (χ1n) is 5.87. The minimum Gasteiger partial charge on any atom is -0.459 e. The van der Waals surface area contributed by atoms with Crippen molar-refractivity contribution >= 4 is 11.0 Å². The van der Waals surface area contributed by atoms with Crippen LogP contribution in [0.1, 0.15) is 37.6 Å². The second kappa shape index (κ2) is 4.30. The number of aryl methyl sites for hydroxylation is 1. The van der Waals surface area contributed by atoms with Crippen LogP contribution in [0.15, 0.2) is 28.7 Å². The summed E-state index contributed by atoms with van der Waals surface area (Å²) in [7, 11) is 0. The molecule has 0 spiro atoms. The molecule has 1 aromatic carbocycles. The van der Waals surface area contributed by atoms with Gasteiger partial charge in [-0.15, -0.1) is 0 Å². The lowest BCUT2D eigenvalue weighted by atomic mass is 9.98. The second-order valence-electron chi connectivity index (χ2n) is 4.60. The molecule has 0 aliphatic heterocycles. The highest BCUT2D eigenvalue weighted by Crippen LogP contribution is 2.28. The Morgan fingerprint density at radius 3 is 2.75 bits per heavy atom. The van der Waals surface area contributed by atoms with Crippen LogP contribution in [0.3, 0.4) is 0 Å². The van der Waals surface area contributed by atoms with Crippen LogP contribution < -0.4 is 5.73 Å². The Hall–Kier alpha value is -1.28. The van der Waals surface area contributed by atoms with Crippen LogP contribution in [-0.4, -0.2) is 0 Å². The molecule has 2 rings (SSSR count). The van der Waals surface area contributed by atoms with E-state index < -0.39 is 0 Å². The van der Waals surface area contributed by atoms with Crippen molar-refractivity contribution < 1.29 is 4.42 Å². The Labute approximate surface area is 96.4 Å². The van der Waals surface area contributed by atoms with Crippen LogP contribution >= 0.6 is 0 Å². The molecule has 86 valence electrons. The topological polar surface area (TPSA) is 39.2 Å². The Morgan fingerprint density at radius 2 is 2.06 bits per heavy atom. The summed E-state index contributed by atoms with van der Waals surface area (Å²) < 4.78 is 5.78. The van der Waals surface area contributed by atoms with Gasteiger partial charge in [0, 0.05) is 5.39 Å². The van der Waals surface area contributed by atoms with Crippen molar-refractivity contribution in [1.82, 2.24) is 0 Å². The van der Waals surface area contributed by atoms with Crippen molar-refractivity contribution in [3.05, 3.63) is 35.6 Å². The molecule has 2 atom stereocenters. The molecule has 0 saturated heterocycles. The van der Waals surface area contributed by atoms with E-state index in [-0.39, 0.29) is 6.04 Å². The highest BCUT2D eigenvalue weighted by molar-refractivity contribution is 5.78. The van der Waals surface area contributed by atoms with Crippen LogP contribution in [-0.2, 0) is 0 Å². The monoisotopic (exact) mass is 217 g/mol. The highest BCUT2D eigenvalue weighted by Gasteiger charge is 2.17. The third-order valence-electron chi connectivity index (χ3n) is 3.28. The molecule has 0 saturated carbocycles. The molecule has 1 heterocycles. The molecule has 0 aliphatic carbocycles. The van der Waals surface area contributed by atoms with Crippen molar-refractivity contribution in [3.8, 4) is 0 Å². The summed E-state index contributed by atoms with van der Waals surface area (Å²) in [6.45, 7) is 6.39. The maximum Gasteiger partial charge on any atom is 0.134 e. The maximum atomic E-state index is 6.16. The zero-order chi connectivity index (χ0) is 11.7. The summed E-state index contributed by atoms with van der Waals surface area (Å²) in [5.74, 6) is 1.34. The molecule has 0 fully saturated rings. The minimum absolute atomic E-state index is 0.00212. The fourth-order valence-corrected chi connectivity index (χ4v) is 1.88. The quantitative estimate of drug-likeness (QED) is 0.849. The van der Waals surface area contributed by atoms with Crippen LogP contribution in [0, 0.1) is 12.8 Å². The van der Waals surface area contributed by atoms with Gasteiger partial charge in [0.15, 0.2) is 0 Å². The van der Waals surface area contributed by atoms with Gasteiger partial charge in [-0.2, -0.15) is 0 Å². The van der Waals surface area contributed by atoms with Gasteiger partial charge in [0.1, 0.15) is 11.3 Å². The van der Waals surface area contributed by atoms with Gasteiger partial charge in [-0.25, -0.2) is 0 Å². The number of furan rings is 1.